The molecular weight excluding hydrogens is 231 g/mol. The molecule has 0 aliphatic rings. The van der Waals surface area contributed by atoms with Crippen LogP contribution >= 0.6 is 13.5 Å². The Morgan fingerprint density at radius 3 is 0.938 bits per heavy atom. The van der Waals surface area contributed by atoms with Gasteiger partial charge in [0.25, 0.3) is 0 Å². The number of para-hydroxylation sites is 2. The number of phenols is 2. The molecule has 0 aromatic heterocycles. The Morgan fingerprint density at radius 2 is 0.812 bits per heavy atom. The SMILES string of the molecule is Oc1ccccc1.Oc1ccccc1.S.[Na]. The molecule has 0 heterocycles. The van der Waals surface area contributed by atoms with Gasteiger partial charge in [-0.2, -0.15) is 13.5 Å². The second-order valence-electron chi connectivity index (χ2n) is 2.67. The summed E-state index contributed by atoms with van der Waals surface area (Å²) >= 11 is 0. The minimum atomic E-state index is 0. The van der Waals surface area contributed by atoms with Crippen LogP contribution in [0.15, 0.2) is 60.7 Å². The van der Waals surface area contributed by atoms with E-state index in [2.05, 4.69) is 0 Å². The van der Waals surface area contributed by atoms with Gasteiger partial charge in [0.05, 0.1) is 0 Å². The fourth-order valence-electron chi connectivity index (χ4n) is 0.856. The van der Waals surface area contributed by atoms with Crippen molar-refractivity contribution in [3.05, 3.63) is 60.7 Å². The van der Waals surface area contributed by atoms with E-state index in [1.54, 1.807) is 48.5 Å². The first-order chi connectivity index (χ1) is 6.79. The van der Waals surface area contributed by atoms with Gasteiger partial charge in [-0.3, -0.25) is 0 Å². The minimum absolute atomic E-state index is 0. The van der Waals surface area contributed by atoms with E-state index in [-0.39, 0.29) is 43.1 Å². The van der Waals surface area contributed by atoms with Crippen LogP contribution in [0.1, 0.15) is 0 Å². The largest absolute Gasteiger partial charge is 0.508 e. The predicted molar refractivity (Wildman–Crippen MR) is 72.3 cm³/mol. The van der Waals surface area contributed by atoms with Gasteiger partial charge < -0.3 is 10.2 Å². The van der Waals surface area contributed by atoms with Crippen LogP contribution in [0.25, 0.3) is 0 Å². The number of hydrogen-bond acceptors (Lipinski definition) is 2. The Morgan fingerprint density at radius 1 is 0.562 bits per heavy atom. The quantitative estimate of drug-likeness (QED) is 0.700. The smallest absolute Gasteiger partial charge is 0.115 e. The summed E-state index contributed by atoms with van der Waals surface area (Å²) in [7, 11) is 0. The number of phenolic OH excluding ortho intramolecular Hbond substituents is 2. The van der Waals surface area contributed by atoms with Crippen LogP contribution in [0, 0.1) is 0 Å². The zero-order valence-corrected chi connectivity index (χ0v) is 12.2. The van der Waals surface area contributed by atoms with Crippen molar-refractivity contribution < 1.29 is 10.2 Å². The third-order valence-electron chi connectivity index (χ3n) is 1.51. The van der Waals surface area contributed by atoms with E-state index in [0.29, 0.717) is 11.5 Å². The van der Waals surface area contributed by atoms with E-state index in [0.717, 1.165) is 0 Å². The van der Waals surface area contributed by atoms with Crippen molar-refractivity contribution in [2.75, 3.05) is 0 Å². The summed E-state index contributed by atoms with van der Waals surface area (Å²) in [6.07, 6.45) is 0. The van der Waals surface area contributed by atoms with Crippen LogP contribution in [0.4, 0.5) is 0 Å². The number of rotatable bonds is 0. The predicted octanol–water partition coefficient (Wildman–Crippen LogP) is 2.52. The number of aromatic hydroxyl groups is 2. The molecule has 1 radical (unpaired) electrons. The summed E-state index contributed by atoms with van der Waals surface area (Å²) in [4.78, 5) is 0. The van der Waals surface area contributed by atoms with Crippen LogP contribution in [0.2, 0.25) is 0 Å². The van der Waals surface area contributed by atoms with Crippen LogP contribution in [-0.4, -0.2) is 39.8 Å². The normalized spacial score (nSPS) is 7.50. The molecule has 2 aromatic rings. The Labute approximate surface area is 125 Å². The minimum Gasteiger partial charge on any atom is -0.508 e. The van der Waals surface area contributed by atoms with Gasteiger partial charge in [0.2, 0.25) is 0 Å². The van der Waals surface area contributed by atoms with Gasteiger partial charge in [-0.15, -0.1) is 0 Å². The van der Waals surface area contributed by atoms with Crippen LogP contribution in [0.5, 0.6) is 11.5 Å². The molecule has 0 fully saturated rings. The summed E-state index contributed by atoms with van der Waals surface area (Å²) in [5.74, 6) is 0.644. The van der Waals surface area contributed by atoms with E-state index in [1.807, 2.05) is 12.1 Å². The molecule has 2 nitrogen and oxygen atoms in total. The van der Waals surface area contributed by atoms with Crippen molar-refractivity contribution in [3.8, 4) is 11.5 Å². The van der Waals surface area contributed by atoms with Gasteiger partial charge in [-0.05, 0) is 24.3 Å². The zero-order valence-electron chi connectivity index (χ0n) is 9.17. The summed E-state index contributed by atoms with van der Waals surface area (Å²) < 4.78 is 0. The van der Waals surface area contributed by atoms with Gasteiger partial charge in [0.1, 0.15) is 11.5 Å². The Balaban J connectivity index is 0. The van der Waals surface area contributed by atoms with E-state index >= 15 is 0 Å². The Hall–Kier alpha value is -0.610. The molecular formula is C12H14NaO2S. The first kappa shape index (κ1) is 17.8. The van der Waals surface area contributed by atoms with E-state index in [9.17, 15) is 0 Å². The molecule has 0 saturated heterocycles. The fourth-order valence-corrected chi connectivity index (χ4v) is 0.856. The maximum absolute atomic E-state index is 8.63. The van der Waals surface area contributed by atoms with Crippen molar-refractivity contribution in [1.29, 1.82) is 0 Å². The summed E-state index contributed by atoms with van der Waals surface area (Å²) in [6, 6.07) is 17.4. The monoisotopic (exact) mass is 245 g/mol. The molecule has 0 spiro atoms. The zero-order chi connectivity index (χ0) is 10.2. The van der Waals surface area contributed by atoms with Crippen LogP contribution in [0.3, 0.4) is 0 Å². The molecule has 0 unspecified atom stereocenters. The van der Waals surface area contributed by atoms with Gasteiger partial charge >= 0.3 is 0 Å². The van der Waals surface area contributed by atoms with Crippen molar-refractivity contribution in [2.24, 2.45) is 0 Å². The summed E-state index contributed by atoms with van der Waals surface area (Å²) in [5.41, 5.74) is 0. The molecule has 0 amide bonds. The second-order valence-corrected chi connectivity index (χ2v) is 2.67. The van der Waals surface area contributed by atoms with Crippen LogP contribution < -0.4 is 0 Å². The molecule has 0 aliphatic heterocycles. The van der Waals surface area contributed by atoms with E-state index < -0.39 is 0 Å². The van der Waals surface area contributed by atoms with Gasteiger partial charge in [0.15, 0.2) is 0 Å². The van der Waals surface area contributed by atoms with Gasteiger partial charge in [-0.1, -0.05) is 36.4 Å². The fraction of sp³-hybridized carbons (Fsp3) is 0. The number of hydrogen-bond donors (Lipinski definition) is 2. The second kappa shape index (κ2) is 10.9. The first-order valence-electron chi connectivity index (χ1n) is 4.27. The Kier molecular flexibility index (Phi) is 12.1. The van der Waals surface area contributed by atoms with Crippen molar-refractivity contribution in [3.63, 3.8) is 0 Å². The van der Waals surface area contributed by atoms with Crippen molar-refractivity contribution >= 4 is 43.1 Å². The average Bonchev–Trinajstić information content (AvgIpc) is 2.21. The van der Waals surface area contributed by atoms with Crippen LogP contribution in [-0.2, 0) is 0 Å². The number of benzene rings is 2. The third kappa shape index (κ3) is 8.68. The molecule has 0 saturated carbocycles. The Bertz CT molecular complexity index is 316. The maximum Gasteiger partial charge on any atom is 0.115 e. The molecule has 4 heteroatoms. The van der Waals surface area contributed by atoms with Crippen molar-refractivity contribution in [1.82, 2.24) is 0 Å². The molecule has 81 valence electrons. The molecule has 2 rings (SSSR count). The topological polar surface area (TPSA) is 40.5 Å². The summed E-state index contributed by atoms with van der Waals surface area (Å²) in [6.45, 7) is 0. The summed E-state index contributed by atoms with van der Waals surface area (Å²) in [5, 5.41) is 17.3. The van der Waals surface area contributed by atoms with E-state index in [4.69, 9.17) is 10.2 Å². The molecule has 2 aromatic carbocycles. The average molecular weight is 245 g/mol. The third-order valence-corrected chi connectivity index (χ3v) is 1.51. The molecule has 0 bridgehead atoms. The van der Waals surface area contributed by atoms with E-state index in [1.165, 1.54) is 0 Å². The standard InChI is InChI=1S/2C6H6O.Na.H2S/c2*7-6-4-2-1-3-5-6;;/h2*1-5,7H;;1H2. The van der Waals surface area contributed by atoms with Gasteiger partial charge in [0, 0.05) is 29.6 Å². The maximum atomic E-state index is 8.63. The molecule has 16 heavy (non-hydrogen) atoms. The van der Waals surface area contributed by atoms with Crippen molar-refractivity contribution in [2.45, 2.75) is 0 Å². The first-order valence-corrected chi connectivity index (χ1v) is 4.27. The molecule has 0 atom stereocenters. The molecule has 0 aliphatic carbocycles. The van der Waals surface area contributed by atoms with Gasteiger partial charge in [-0.25, -0.2) is 0 Å². The molecule has 2 N–H and O–H groups in total.